The van der Waals surface area contributed by atoms with Crippen molar-refractivity contribution in [2.45, 2.75) is 18.9 Å². The minimum Gasteiger partial charge on any atom is -0.352 e. The van der Waals surface area contributed by atoms with Crippen LogP contribution in [0.1, 0.15) is 12.8 Å². The molecule has 1 aliphatic heterocycles. The number of carbonyl (C=O) groups is 1. The van der Waals surface area contributed by atoms with Crippen LogP contribution in [0.25, 0.3) is 0 Å². The third-order valence-corrected chi connectivity index (χ3v) is 6.52. The molecular weight excluding hydrogens is 330 g/mol. The lowest BCUT2D eigenvalue weighted by atomic mass is 10.2. The molecule has 0 bridgehead atoms. The van der Waals surface area contributed by atoms with Gasteiger partial charge in [0.1, 0.15) is 0 Å². The fourth-order valence-electron chi connectivity index (χ4n) is 2.19. The number of nitrogens with zero attached hydrogens (tertiary/aromatic N) is 2. The lowest BCUT2D eigenvalue weighted by Crippen LogP contribution is -2.40. The van der Waals surface area contributed by atoms with Crippen LogP contribution >= 0.6 is 0 Å². The second kappa shape index (κ2) is 7.71. The lowest BCUT2D eigenvalue weighted by molar-refractivity contribution is -0.121. The summed E-state index contributed by atoms with van der Waals surface area (Å²) >= 11 is 0. The molecule has 1 aliphatic rings. The van der Waals surface area contributed by atoms with Crippen LogP contribution in [0, 0.1) is 0 Å². The van der Waals surface area contributed by atoms with Crippen molar-refractivity contribution in [1.82, 2.24) is 14.5 Å². The van der Waals surface area contributed by atoms with Gasteiger partial charge in [0, 0.05) is 32.1 Å². The third kappa shape index (κ3) is 7.03. The topological polar surface area (TPSA) is 104 Å². The molecule has 130 valence electrons. The van der Waals surface area contributed by atoms with Crippen LogP contribution in [0.4, 0.5) is 0 Å². The molecular formula is C12H25N3O5S2. The molecule has 1 unspecified atom stereocenters. The van der Waals surface area contributed by atoms with Gasteiger partial charge in [0.25, 0.3) is 0 Å². The fourth-order valence-corrected chi connectivity index (χ4v) is 4.70. The van der Waals surface area contributed by atoms with Crippen molar-refractivity contribution in [2.24, 2.45) is 0 Å². The highest BCUT2D eigenvalue weighted by Gasteiger charge is 2.29. The molecule has 10 heteroatoms. The molecule has 0 radical (unpaired) electrons. The van der Waals surface area contributed by atoms with E-state index in [9.17, 15) is 21.6 Å². The summed E-state index contributed by atoms with van der Waals surface area (Å²) < 4.78 is 47.3. The molecule has 1 fully saturated rings. The van der Waals surface area contributed by atoms with Crippen molar-refractivity contribution in [2.75, 3.05) is 51.5 Å². The van der Waals surface area contributed by atoms with Crippen LogP contribution in [0.3, 0.4) is 0 Å². The highest BCUT2D eigenvalue weighted by Crippen LogP contribution is 2.11. The van der Waals surface area contributed by atoms with Crippen LogP contribution in [0.15, 0.2) is 0 Å². The van der Waals surface area contributed by atoms with E-state index >= 15 is 0 Å². The Labute approximate surface area is 132 Å². The Balaban J connectivity index is 2.45. The maximum Gasteiger partial charge on any atom is 0.221 e. The van der Waals surface area contributed by atoms with E-state index in [2.05, 4.69) is 5.32 Å². The van der Waals surface area contributed by atoms with Crippen molar-refractivity contribution in [3.8, 4) is 0 Å². The molecule has 0 aromatic carbocycles. The van der Waals surface area contributed by atoms with Crippen molar-refractivity contribution in [3.05, 3.63) is 0 Å². The van der Waals surface area contributed by atoms with Crippen LogP contribution < -0.4 is 5.32 Å². The summed E-state index contributed by atoms with van der Waals surface area (Å²) in [5.74, 6) is -0.258. The van der Waals surface area contributed by atoms with E-state index in [1.54, 1.807) is 0 Å². The summed E-state index contributed by atoms with van der Waals surface area (Å²) in [4.78, 5) is 13.7. The first-order valence-corrected chi connectivity index (χ1v) is 10.8. The molecule has 0 saturated carbocycles. The quantitative estimate of drug-likeness (QED) is 0.568. The van der Waals surface area contributed by atoms with Gasteiger partial charge in [-0.25, -0.2) is 21.1 Å². The van der Waals surface area contributed by atoms with Gasteiger partial charge in [-0.05, 0) is 20.5 Å². The molecule has 1 N–H and O–H groups in total. The summed E-state index contributed by atoms with van der Waals surface area (Å²) in [6, 6.07) is -0.356. The van der Waals surface area contributed by atoms with Crippen LogP contribution in [-0.2, 0) is 24.7 Å². The van der Waals surface area contributed by atoms with Crippen LogP contribution in [0.2, 0.25) is 0 Å². The molecule has 0 spiro atoms. The zero-order chi connectivity index (χ0) is 17.0. The van der Waals surface area contributed by atoms with E-state index in [1.807, 2.05) is 19.0 Å². The number of nitrogens with one attached hydrogen (secondary N) is 1. The number of sulfone groups is 1. The Morgan fingerprint density at radius 3 is 2.32 bits per heavy atom. The minimum absolute atomic E-state index is 0.0248. The first kappa shape index (κ1) is 19.3. The minimum atomic E-state index is -3.37. The summed E-state index contributed by atoms with van der Waals surface area (Å²) in [5, 5.41) is 2.66. The average molecular weight is 355 g/mol. The highest BCUT2D eigenvalue weighted by atomic mass is 32.2. The highest BCUT2D eigenvalue weighted by molar-refractivity contribution is 7.91. The van der Waals surface area contributed by atoms with E-state index < -0.39 is 19.9 Å². The molecule has 1 heterocycles. The molecule has 1 atom stereocenters. The summed E-state index contributed by atoms with van der Waals surface area (Å²) in [6.07, 6.45) is 1.56. The molecule has 0 aromatic rings. The predicted octanol–water partition coefficient (Wildman–Crippen LogP) is -1.50. The molecule has 1 rings (SSSR count). The maximum atomic E-state index is 11.8. The van der Waals surface area contributed by atoms with E-state index in [0.29, 0.717) is 19.5 Å². The number of likely N-dealkylation sites (N-methyl/N-ethyl adjacent to an activating group) is 1. The normalized spacial score (nSPS) is 21.4. The molecule has 0 aromatic heterocycles. The molecule has 8 nitrogen and oxygen atoms in total. The van der Waals surface area contributed by atoms with Crippen LogP contribution in [0.5, 0.6) is 0 Å². The van der Waals surface area contributed by atoms with E-state index in [0.717, 1.165) is 6.26 Å². The second-order valence-electron chi connectivity index (χ2n) is 5.88. The number of hydrogen-bond acceptors (Lipinski definition) is 6. The Bertz CT molecular complexity index is 586. The van der Waals surface area contributed by atoms with Crippen LogP contribution in [-0.4, -0.2) is 89.5 Å². The van der Waals surface area contributed by atoms with Crippen molar-refractivity contribution in [1.29, 1.82) is 0 Å². The van der Waals surface area contributed by atoms with Gasteiger partial charge in [-0.2, -0.15) is 0 Å². The smallest absolute Gasteiger partial charge is 0.221 e. The summed E-state index contributed by atoms with van der Waals surface area (Å²) in [7, 11) is -2.73. The zero-order valence-corrected chi connectivity index (χ0v) is 14.9. The van der Waals surface area contributed by atoms with Gasteiger partial charge in [-0.15, -0.1) is 0 Å². The average Bonchev–Trinajstić information content (AvgIpc) is 2.66. The third-order valence-electron chi connectivity index (χ3n) is 3.45. The van der Waals surface area contributed by atoms with Gasteiger partial charge in [0.15, 0.2) is 9.84 Å². The fraction of sp³-hybridized carbons (Fsp3) is 0.917. The monoisotopic (exact) mass is 355 g/mol. The number of rotatable bonds is 8. The largest absolute Gasteiger partial charge is 0.352 e. The van der Waals surface area contributed by atoms with E-state index in [-0.39, 0.29) is 36.4 Å². The lowest BCUT2D eigenvalue weighted by Gasteiger charge is -2.22. The Morgan fingerprint density at radius 1 is 1.23 bits per heavy atom. The maximum absolute atomic E-state index is 11.8. The Hall–Kier alpha value is -0.710. The second-order valence-corrected chi connectivity index (χ2v) is 10.1. The SMILES string of the molecule is CN(C)CCN(CCC(=O)NC1CCS(=O)(=O)C1)S(C)(=O)=O. The Morgan fingerprint density at radius 2 is 1.86 bits per heavy atom. The number of hydrogen-bond donors (Lipinski definition) is 1. The van der Waals surface area contributed by atoms with Crippen molar-refractivity contribution < 1.29 is 21.6 Å². The zero-order valence-electron chi connectivity index (χ0n) is 13.3. The summed E-state index contributed by atoms with van der Waals surface area (Å²) in [6.45, 7) is 0.977. The summed E-state index contributed by atoms with van der Waals surface area (Å²) in [5.41, 5.74) is 0. The number of sulfonamides is 1. The molecule has 1 amide bonds. The molecule has 0 aliphatic carbocycles. The van der Waals surface area contributed by atoms with Gasteiger partial charge in [-0.1, -0.05) is 0 Å². The van der Waals surface area contributed by atoms with Gasteiger partial charge in [0.05, 0.1) is 17.8 Å². The first-order valence-electron chi connectivity index (χ1n) is 7.09. The van der Waals surface area contributed by atoms with Gasteiger partial charge >= 0.3 is 0 Å². The first-order chi connectivity index (χ1) is 9.99. The molecule has 1 saturated heterocycles. The number of amides is 1. The van der Waals surface area contributed by atoms with Gasteiger partial charge in [0.2, 0.25) is 15.9 Å². The van der Waals surface area contributed by atoms with Gasteiger partial charge in [-0.3, -0.25) is 4.79 Å². The predicted molar refractivity (Wildman–Crippen MR) is 84.8 cm³/mol. The van der Waals surface area contributed by atoms with Crippen molar-refractivity contribution >= 4 is 25.8 Å². The van der Waals surface area contributed by atoms with E-state index in [4.69, 9.17) is 0 Å². The number of carbonyl (C=O) groups excluding carboxylic acids is 1. The standard InChI is InChI=1S/C12H25N3O5S2/c1-14(2)7-8-15(21(3,17)18)6-4-12(16)13-11-5-9-22(19,20)10-11/h11H,4-10H2,1-3H3,(H,13,16). The van der Waals surface area contributed by atoms with Crippen molar-refractivity contribution in [3.63, 3.8) is 0 Å². The Kier molecular flexibility index (Phi) is 6.78. The molecule has 22 heavy (non-hydrogen) atoms. The van der Waals surface area contributed by atoms with Gasteiger partial charge < -0.3 is 10.2 Å². The van der Waals surface area contributed by atoms with E-state index in [1.165, 1.54) is 4.31 Å².